The number of carbonyl (C=O) groups excluding carboxylic acids is 2. The smallest absolute Gasteiger partial charge is 0.330 e. The third kappa shape index (κ3) is 5.35. The molecule has 27 heavy (non-hydrogen) atoms. The Morgan fingerprint density at radius 2 is 1.96 bits per heavy atom. The van der Waals surface area contributed by atoms with Crippen molar-refractivity contribution in [2.24, 2.45) is 0 Å². The van der Waals surface area contributed by atoms with E-state index in [0.29, 0.717) is 16.5 Å². The van der Waals surface area contributed by atoms with Gasteiger partial charge < -0.3 is 10.1 Å². The maximum absolute atomic E-state index is 11.9. The molecule has 1 N–H and O–H groups in total. The number of hydrogen-bond donors (Lipinski definition) is 1. The van der Waals surface area contributed by atoms with Gasteiger partial charge in [-0.1, -0.05) is 23.7 Å². The minimum absolute atomic E-state index is 0.252. The highest BCUT2D eigenvalue weighted by Gasteiger charge is 2.12. The Hall–Kier alpha value is -3.26. The van der Waals surface area contributed by atoms with Crippen molar-refractivity contribution < 1.29 is 14.3 Å². The van der Waals surface area contributed by atoms with E-state index in [2.05, 4.69) is 20.7 Å². The summed E-state index contributed by atoms with van der Waals surface area (Å²) in [6.45, 7) is 1.27. The van der Waals surface area contributed by atoms with E-state index in [9.17, 15) is 9.59 Å². The van der Waals surface area contributed by atoms with Gasteiger partial charge in [0.2, 0.25) is 5.82 Å². The lowest BCUT2D eigenvalue weighted by Crippen LogP contribution is -2.23. The number of ether oxygens (including phenoxy) is 1. The van der Waals surface area contributed by atoms with E-state index in [4.69, 9.17) is 16.3 Å². The molecule has 0 atom stereocenters. The van der Waals surface area contributed by atoms with Crippen molar-refractivity contribution in [1.82, 2.24) is 20.2 Å². The van der Waals surface area contributed by atoms with Crippen LogP contribution in [-0.2, 0) is 20.9 Å². The first-order valence-electron chi connectivity index (χ1n) is 8.05. The quantitative estimate of drug-likeness (QED) is 0.654. The molecule has 9 heteroatoms. The summed E-state index contributed by atoms with van der Waals surface area (Å²) in [5, 5.41) is 15.0. The van der Waals surface area contributed by atoms with Gasteiger partial charge in [0.1, 0.15) is 0 Å². The van der Waals surface area contributed by atoms with E-state index in [-0.39, 0.29) is 6.54 Å². The molecular weight excluding hydrogens is 370 g/mol. The number of aryl methyl sites for hydroxylation is 1. The summed E-state index contributed by atoms with van der Waals surface area (Å²) >= 11 is 5.84. The summed E-state index contributed by atoms with van der Waals surface area (Å²) in [6.07, 6.45) is 0. The molecule has 0 fully saturated rings. The van der Waals surface area contributed by atoms with Crippen molar-refractivity contribution in [3.63, 3.8) is 0 Å². The number of carbonyl (C=O) groups is 2. The number of amides is 1. The Kier molecular flexibility index (Phi) is 5.77. The van der Waals surface area contributed by atoms with Gasteiger partial charge in [-0.2, -0.15) is 4.80 Å². The predicted octanol–water partition coefficient (Wildman–Crippen LogP) is 2.48. The van der Waals surface area contributed by atoms with Gasteiger partial charge in [-0.05, 0) is 54.1 Å². The van der Waals surface area contributed by atoms with Crippen LogP contribution in [0, 0.1) is 6.92 Å². The molecule has 0 aliphatic rings. The molecule has 0 radical (unpaired) electrons. The highest BCUT2D eigenvalue weighted by atomic mass is 35.5. The maximum Gasteiger partial charge on any atom is 0.330 e. The molecule has 1 aromatic heterocycles. The number of rotatable bonds is 6. The molecule has 138 valence electrons. The van der Waals surface area contributed by atoms with Crippen LogP contribution in [0.3, 0.4) is 0 Å². The number of aromatic nitrogens is 4. The van der Waals surface area contributed by atoms with Gasteiger partial charge in [-0.3, -0.25) is 4.79 Å². The molecule has 8 nitrogen and oxygen atoms in total. The van der Waals surface area contributed by atoms with Crippen LogP contribution in [0.1, 0.15) is 5.56 Å². The van der Waals surface area contributed by atoms with E-state index in [1.807, 2.05) is 25.1 Å². The standard InChI is InChI=1S/C18H16ClN5O3/c1-12-3-2-4-15(9-12)20-16(25)11-27-17(26)10-24-22-18(21-23-24)13-5-7-14(19)8-6-13/h2-9H,10-11H2,1H3,(H,20,25). The Morgan fingerprint density at radius 1 is 1.19 bits per heavy atom. The molecule has 0 aliphatic heterocycles. The van der Waals surface area contributed by atoms with Crippen LogP contribution in [0.15, 0.2) is 48.5 Å². The van der Waals surface area contributed by atoms with Crippen molar-refractivity contribution in [1.29, 1.82) is 0 Å². The first-order chi connectivity index (χ1) is 13.0. The third-order valence-electron chi connectivity index (χ3n) is 3.49. The second-order valence-electron chi connectivity index (χ2n) is 5.73. The lowest BCUT2D eigenvalue weighted by molar-refractivity contribution is -0.148. The number of nitrogens with one attached hydrogen (secondary N) is 1. The van der Waals surface area contributed by atoms with Crippen LogP contribution in [0.25, 0.3) is 11.4 Å². The van der Waals surface area contributed by atoms with Gasteiger partial charge in [0.15, 0.2) is 13.2 Å². The van der Waals surface area contributed by atoms with Crippen LogP contribution < -0.4 is 5.32 Å². The van der Waals surface area contributed by atoms with E-state index < -0.39 is 18.5 Å². The average molecular weight is 386 g/mol. The van der Waals surface area contributed by atoms with Crippen molar-refractivity contribution in [3.05, 3.63) is 59.1 Å². The van der Waals surface area contributed by atoms with Crippen molar-refractivity contribution >= 4 is 29.2 Å². The van der Waals surface area contributed by atoms with Gasteiger partial charge >= 0.3 is 5.97 Å². The van der Waals surface area contributed by atoms with Crippen LogP contribution in [0.4, 0.5) is 5.69 Å². The SMILES string of the molecule is Cc1cccc(NC(=O)COC(=O)Cn2nnc(-c3ccc(Cl)cc3)n2)c1. The van der Waals surface area contributed by atoms with Crippen LogP contribution >= 0.6 is 11.6 Å². The van der Waals surface area contributed by atoms with Gasteiger partial charge in [-0.15, -0.1) is 10.2 Å². The van der Waals surface area contributed by atoms with Gasteiger partial charge in [0.05, 0.1) is 0 Å². The minimum atomic E-state index is -0.644. The molecule has 2 aromatic carbocycles. The molecular formula is C18H16ClN5O3. The largest absolute Gasteiger partial charge is 0.454 e. The normalized spacial score (nSPS) is 10.4. The van der Waals surface area contributed by atoms with Crippen LogP contribution in [0.2, 0.25) is 5.02 Å². The monoisotopic (exact) mass is 385 g/mol. The Balaban J connectivity index is 1.49. The van der Waals surface area contributed by atoms with E-state index in [0.717, 1.165) is 15.9 Å². The van der Waals surface area contributed by atoms with Gasteiger partial charge in [0.25, 0.3) is 5.91 Å². The number of halogens is 1. The summed E-state index contributed by atoms with van der Waals surface area (Å²) < 4.78 is 4.94. The minimum Gasteiger partial charge on any atom is -0.454 e. The molecule has 0 saturated carbocycles. The summed E-state index contributed by atoms with van der Waals surface area (Å²) in [6, 6.07) is 14.2. The highest BCUT2D eigenvalue weighted by Crippen LogP contribution is 2.16. The first kappa shape index (κ1) is 18.5. The topological polar surface area (TPSA) is 99.0 Å². The lowest BCUT2D eigenvalue weighted by Gasteiger charge is -2.06. The molecule has 3 aromatic rings. The zero-order valence-corrected chi connectivity index (χ0v) is 15.2. The highest BCUT2D eigenvalue weighted by molar-refractivity contribution is 6.30. The van der Waals surface area contributed by atoms with E-state index in [1.54, 1.807) is 30.3 Å². The lowest BCUT2D eigenvalue weighted by atomic mass is 10.2. The molecule has 0 unspecified atom stereocenters. The molecule has 0 bridgehead atoms. The van der Waals surface area contributed by atoms with Gasteiger partial charge in [-0.25, -0.2) is 4.79 Å². The Labute approximate surface area is 160 Å². The van der Waals surface area contributed by atoms with E-state index in [1.165, 1.54) is 0 Å². The number of esters is 1. The van der Waals surface area contributed by atoms with Crippen molar-refractivity contribution in [2.45, 2.75) is 13.5 Å². The van der Waals surface area contributed by atoms with E-state index >= 15 is 0 Å². The second-order valence-corrected chi connectivity index (χ2v) is 6.17. The zero-order valence-electron chi connectivity index (χ0n) is 14.4. The molecule has 0 saturated heterocycles. The van der Waals surface area contributed by atoms with Crippen LogP contribution in [0.5, 0.6) is 0 Å². The summed E-state index contributed by atoms with van der Waals surface area (Å²) in [4.78, 5) is 24.8. The molecule has 3 rings (SSSR count). The molecule has 0 spiro atoms. The predicted molar refractivity (Wildman–Crippen MR) is 99.0 cm³/mol. The van der Waals surface area contributed by atoms with Crippen molar-refractivity contribution in [2.75, 3.05) is 11.9 Å². The summed E-state index contributed by atoms with van der Waals surface area (Å²) in [5.41, 5.74) is 2.37. The molecule has 1 amide bonds. The fourth-order valence-electron chi connectivity index (χ4n) is 2.25. The maximum atomic E-state index is 11.9. The fourth-order valence-corrected chi connectivity index (χ4v) is 2.38. The molecule has 0 aliphatic carbocycles. The van der Waals surface area contributed by atoms with Crippen LogP contribution in [-0.4, -0.2) is 38.7 Å². The Bertz CT molecular complexity index is 956. The average Bonchev–Trinajstić information content (AvgIpc) is 3.09. The number of benzene rings is 2. The number of anilines is 1. The number of nitrogens with zero attached hydrogens (tertiary/aromatic N) is 4. The first-order valence-corrected chi connectivity index (χ1v) is 8.43. The zero-order chi connectivity index (χ0) is 19.2. The number of tetrazole rings is 1. The summed E-state index contributed by atoms with van der Waals surface area (Å²) in [5.74, 6) is -0.714. The Morgan fingerprint density at radius 3 is 2.70 bits per heavy atom. The second kappa shape index (κ2) is 8.41. The van der Waals surface area contributed by atoms with Crippen molar-refractivity contribution in [3.8, 4) is 11.4 Å². The molecule has 1 heterocycles. The van der Waals surface area contributed by atoms with Gasteiger partial charge in [0, 0.05) is 16.3 Å². The fraction of sp³-hybridized carbons (Fsp3) is 0.167. The summed E-state index contributed by atoms with van der Waals surface area (Å²) in [7, 11) is 0. The number of hydrogen-bond acceptors (Lipinski definition) is 6. The third-order valence-corrected chi connectivity index (χ3v) is 3.74.